The third kappa shape index (κ3) is 5.96. The minimum atomic E-state index is -0.144. The molecule has 1 aromatic heterocycles. The smallest absolute Gasteiger partial charge is 0.227 e. The number of benzene rings is 2. The number of piperazine rings is 1. The summed E-state index contributed by atoms with van der Waals surface area (Å²) in [5.41, 5.74) is 3.04. The second-order valence-electron chi connectivity index (χ2n) is 8.61. The molecule has 2 heterocycles. The van der Waals surface area contributed by atoms with Crippen LogP contribution in [0.5, 0.6) is 0 Å². The van der Waals surface area contributed by atoms with Crippen molar-refractivity contribution in [2.45, 2.75) is 38.6 Å². The van der Waals surface area contributed by atoms with Crippen molar-refractivity contribution in [3.05, 3.63) is 78.2 Å². The van der Waals surface area contributed by atoms with Gasteiger partial charge in [0.1, 0.15) is 17.6 Å². The summed E-state index contributed by atoms with van der Waals surface area (Å²) >= 11 is 0. The molecule has 1 unspecified atom stereocenters. The van der Waals surface area contributed by atoms with E-state index in [0.717, 1.165) is 42.2 Å². The number of hydrogen-bond acceptors (Lipinski definition) is 4. The first-order chi connectivity index (χ1) is 16.1. The zero-order valence-corrected chi connectivity index (χ0v) is 19.2. The Morgan fingerprint density at radius 3 is 2.48 bits per heavy atom. The Balaban J connectivity index is 1.51. The van der Waals surface area contributed by atoms with Gasteiger partial charge in [-0.15, -0.1) is 0 Å². The number of aromatic nitrogens is 2. The van der Waals surface area contributed by atoms with Crippen LogP contribution in [0.2, 0.25) is 0 Å². The summed E-state index contributed by atoms with van der Waals surface area (Å²) in [6.07, 6.45) is 4.30. The predicted molar refractivity (Wildman–Crippen MR) is 130 cm³/mol. The molecule has 0 aliphatic carbocycles. The van der Waals surface area contributed by atoms with E-state index in [0.29, 0.717) is 38.1 Å². The van der Waals surface area contributed by atoms with Crippen LogP contribution in [0.1, 0.15) is 43.6 Å². The molecule has 1 amide bonds. The first-order valence-corrected chi connectivity index (χ1v) is 11.8. The van der Waals surface area contributed by atoms with Crippen molar-refractivity contribution < 1.29 is 9.59 Å². The first-order valence-electron chi connectivity index (χ1n) is 11.8. The lowest BCUT2D eigenvalue weighted by molar-refractivity contribution is -0.135. The maximum Gasteiger partial charge on any atom is 0.227 e. The minimum Gasteiger partial charge on any atom is -0.340 e. The topological polar surface area (TPSA) is 69.3 Å². The van der Waals surface area contributed by atoms with Crippen LogP contribution in [0.3, 0.4) is 0 Å². The number of H-pyrrole nitrogens is 1. The third-order valence-electron chi connectivity index (χ3n) is 6.30. The van der Waals surface area contributed by atoms with E-state index in [2.05, 4.69) is 14.9 Å². The van der Waals surface area contributed by atoms with E-state index in [1.54, 1.807) is 0 Å². The fourth-order valence-electron chi connectivity index (χ4n) is 4.39. The lowest BCUT2D eigenvalue weighted by Crippen LogP contribution is -2.51. The van der Waals surface area contributed by atoms with Gasteiger partial charge in [0.25, 0.3) is 0 Å². The molecule has 6 nitrogen and oxygen atoms in total. The molecule has 0 saturated carbocycles. The molecule has 1 aliphatic rings. The summed E-state index contributed by atoms with van der Waals surface area (Å²) in [5, 5.41) is 0. The number of aromatic amines is 1. The lowest BCUT2D eigenvalue weighted by atomic mass is 10.1. The van der Waals surface area contributed by atoms with Crippen LogP contribution in [0.15, 0.2) is 66.9 Å². The molecule has 33 heavy (non-hydrogen) atoms. The van der Waals surface area contributed by atoms with Crippen LogP contribution in [-0.4, -0.2) is 57.6 Å². The van der Waals surface area contributed by atoms with E-state index in [9.17, 15) is 9.59 Å². The number of Topliss-reactive ketones (excluding diaryl/α,β-unsaturated/α-hetero) is 1. The second-order valence-corrected chi connectivity index (χ2v) is 8.61. The number of nitrogens with zero attached hydrogens (tertiary/aromatic N) is 3. The van der Waals surface area contributed by atoms with Gasteiger partial charge in [-0.2, -0.15) is 0 Å². The number of rotatable bonds is 9. The molecule has 172 valence electrons. The van der Waals surface area contributed by atoms with Gasteiger partial charge in [-0.1, -0.05) is 67.6 Å². The Morgan fingerprint density at radius 1 is 1.03 bits per heavy atom. The fraction of sp³-hybridized carbons (Fsp3) is 0.370. The Bertz CT molecular complexity index is 1050. The number of carbonyl (C=O) groups is 2. The van der Waals surface area contributed by atoms with Crippen molar-refractivity contribution in [2.75, 3.05) is 26.2 Å². The van der Waals surface area contributed by atoms with Crippen molar-refractivity contribution >= 4 is 11.7 Å². The quantitative estimate of drug-likeness (QED) is 0.535. The van der Waals surface area contributed by atoms with Gasteiger partial charge in [-0.3, -0.25) is 14.5 Å². The monoisotopic (exact) mass is 444 g/mol. The summed E-state index contributed by atoms with van der Waals surface area (Å²) in [5.74, 6) is 1.23. The maximum atomic E-state index is 13.3. The van der Waals surface area contributed by atoms with Gasteiger partial charge in [0.15, 0.2) is 0 Å². The standard InChI is InChI=1S/C27H32N4O2/c1-2-23(32)14-9-15-30-16-17-31(26(33)18-21-10-5-3-6-11-21)25(20-30)27-28-19-24(29-27)22-12-7-4-8-13-22/h3-8,10-13,19,25H,2,9,14-18,20H2,1H3,(H,28,29). The van der Waals surface area contributed by atoms with E-state index in [4.69, 9.17) is 0 Å². The number of imidazole rings is 1. The van der Waals surface area contributed by atoms with Gasteiger partial charge >= 0.3 is 0 Å². The highest BCUT2D eigenvalue weighted by molar-refractivity contribution is 5.79. The van der Waals surface area contributed by atoms with Crippen LogP contribution < -0.4 is 0 Å². The molecule has 0 spiro atoms. The SMILES string of the molecule is CCC(=O)CCCN1CCN(C(=O)Cc2ccccc2)C(c2ncc(-c3ccccc3)[nH]2)C1. The lowest BCUT2D eigenvalue weighted by Gasteiger charge is -2.40. The fourth-order valence-corrected chi connectivity index (χ4v) is 4.39. The number of hydrogen-bond donors (Lipinski definition) is 1. The van der Waals surface area contributed by atoms with Crippen LogP contribution in [0.25, 0.3) is 11.3 Å². The van der Waals surface area contributed by atoms with Gasteiger partial charge in [0.2, 0.25) is 5.91 Å². The first kappa shape index (κ1) is 22.9. The predicted octanol–water partition coefficient (Wildman–Crippen LogP) is 4.26. The van der Waals surface area contributed by atoms with E-state index in [1.807, 2.05) is 78.7 Å². The molecule has 1 N–H and O–H groups in total. The van der Waals surface area contributed by atoms with E-state index in [1.165, 1.54) is 0 Å². The maximum absolute atomic E-state index is 13.3. The molecule has 1 saturated heterocycles. The average Bonchev–Trinajstić information content (AvgIpc) is 3.35. The van der Waals surface area contributed by atoms with Gasteiger partial charge in [-0.05, 0) is 24.1 Å². The van der Waals surface area contributed by atoms with Gasteiger partial charge in [-0.25, -0.2) is 4.98 Å². The van der Waals surface area contributed by atoms with Crippen molar-refractivity contribution in [3.8, 4) is 11.3 Å². The van der Waals surface area contributed by atoms with Crippen LogP contribution >= 0.6 is 0 Å². The van der Waals surface area contributed by atoms with E-state index < -0.39 is 0 Å². The summed E-state index contributed by atoms with van der Waals surface area (Å²) in [6, 6.07) is 19.8. The third-order valence-corrected chi connectivity index (χ3v) is 6.30. The number of amides is 1. The van der Waals surface area contributed by atoms with Crippen LogP contribution in [-0.2, 0) is 16.0 Å². The molecule has 6 heteroatoms. The Morgan fingerprint density at radius 2 is 1.76 bits per heavy atom. The molecule has 2 aromatic carbocycles. The Kier molecular flexibility index (Phi) is 7.68. The van der Waals surface area contributed by atoms with Crippen molar-refractivity contribution in [1.29, 1.82) is 0 Å². The van der Waals surface area contributed by atoms with Crippen LogP contribution in [0, 0.1) is 0 Å². The number of ketones is 1. The highest BCUT2D eigenvalue weighted by atomic mass is 16.2. The summed E-state index contributed by atoms with van der Waals surface area (Å²) in [4.78, 5) is 37.5. The van der Waals surface area contributed by atoms with Gasteiger partial charge in [0.05, 0.1) is 18.3 Å². The number of nitrogens with one attached hydrogen (secondary N) is 1. The van der Waals surface area contributed by atoms with Gasteiger partial charge in [0, 0.05) is 32.5 Å². The molecule has 4 rings (SSSR count). The molecular formula is C27H32N4O2. The molecule has 1 aliphatic heterocycles. The molecule has 1 fully saturated rings. The minimum absolute atomic E-state index is 0.115. The molecular weight excluding hydrogens is 412 g/mol. The zero-order valence-electron chi connectivity index (χ0n) is 19.2. The average molecular weight is 445 g/mol. The molecule has 1 atom stereocenters. The zero-order chi connectivity index (χ0) is 23.0. The second kappa shape index (κ2) is 11.1. The Hall–Kier alpha value is -3.25. The molecule has 3 aromatic rings. The number of carbonyl (C=O) groups excluding carboxylic acids is 2. The summed E-state index contributed by atoms with van der Waals surface area (Å²) in [6.45, 7) is 4.94. The highest BCUT2D eigenvalue weighted by Gasteiger charge is 2.33. The van der Waals surface area contributed by atoms with Crippen molar-refractivity contribution in [3.63, 3.8) is 0 Å². The summed E-state index contributed by atoms with van der Waals surface area (Å²) in [7, 11) is 0. The molecule has 0 bridgehead atoms. The largest absolute Gasteiger partial charge is 0.340 e. The Labute approximate surface area is 195 Å². The summed E-state index contributed by atoms with van der Waals surface area (Å²) < 4.78 is 0. The van der Waals surface area contributed by atoms with E-state index in [-0.39, 0.29) is 11.9 Å². The molecule has 0 radical (unpaired) electrons. The van der Waals surface area contributed by atoms with Crippen molar-refractivity contribution in [1.82, 2.24) is 19.8 Å². The normalized spacial score (nSPS) is 16.6. The van der Waals surface area contributed by atoms with E-state index >= 15 is 0 Å². The highest BCUT2D eigenvalue weighted by Crippen LogP contribution is 2.27. The van der Waals surface area contributed by atoms with Crippen LogP contribution in [0.4, 0.5) is 0 Å². The van der Waals surface area contributed by atoms with Crippen molar-refractivity contribution in [2.24, 2.45) is 0 Å². The van der Waals surface area contributed by atoms with Gasteiger partial charge < -0.3 is 9.88 Å².